The highest BCUT2D eigenvalue weighted by Gasteiger charge is 2.33. The number of amides is 3. The highest BCUT2D eigenvalue weighted by atomic mass is 16.4. The maximum atomic E-state index is 13.4. The van der Waals surface area contributed by atoms with Gasteiger partial charge in [0.1, 0.15) is 23.9 Å². The van der Waals surface area contributed by atoms with E-state index in [2.05, 4.69) is 30.9 Å². The number of carbonyl (C=O) groups is 4. The van der Waals surface area contributed by atoms with Crippen molar-refractivity contribution < 1.29 is 34.5 Å². The molecule has 4 rings (SSSR count). The van der Waals surface area contributed by atoms with Crippen LogP contribution < -0.4 is 21.7 Å². The van der Waals surface area contributed by atoms with E-state index in [-0.39, 0.29) is 25.0 Å². The number of hydrogen-bond acceptors (Lipinski definition) is 8. The molecule has 0 fully saturated rings. The van der Waals surface area contributed by atoms with E-state index in [0.29, 0.717) is 11.3 Å². The van der Waals surface area contributed by atoms with Crippen LogP contribution in [0, 0.1) is 0 Å². The van der Waals surface area contributed by atoms with E-state index < -0.39 is 54.0 Å². The number of aromatic amines is 2. The Morgan fingerprint density at radius 1 is 0.886 bits per heavy atom. The first-order chi connectivity index (χ1) is 21.0. The molecule has 0 saturated heterocycles. The van der Waals surface area contributed by atoms with Crippen LogP contribution in [0.5, 0.6) is 5.75 Å². The minimum atomic E-state index is -1.55. The minimum Gasteiger partial charge on any atom is -0.508 e. The fourth-order valence-corrected chi connectivity index (χ4v) is 4.72. The summed E-state index contributed by atoms with van der Waals surface area (Å²) in [5, 5.41) is 37.9. The second-order valence-corrected chi connectivity index (χ2v) is 10.5. The van der Waals surface area contributed by atoms with Crippen LogP contribution >= 0.6 is 0 Å². The number of para-hydroxylation sites is 1. The summed E-state index contributed by atoms with van der Waals surface area (Å²) in [6, 6.07) is 8.16. The molecule has 0 aliphatic heterocycles. The number of aliphatic carboxylic acids is 1. The molecule has 5 unspecified atom stereocenters. The number of fused-ring (bicyclic) bond motifs is 1. The Morgan fingerprint density at radius 3 is 2.25 bits per heavy atom. The van der Waals surface area contributed by atoms with Gasteiger partial charge in [-0.25, -0.2) is 9.78 Å². The zero-order valence-electron chi connectivity index (χ0n) is 23.9. The van der Waals surface area contributed by atoms with Crippen LogP contribution in [0.25, 0.3) is 10.9 Å². The number of H-pyrrole nitrogens is 2. The van der Waals surface area contributed by atoms with Crippen molar-refractivity contribution >= 4 is 34.6 Å². The predicted molar refractivity (Wildman–Crippen MR) is 159 cm³/mol. The number of phenolic OH excluding ortho intramolecular Hbond substituents is 1. The number of aliphatic hydroxyl groups is 1. The van der Waals surface area contributed by atoms with Crippen LogP contribution in [-0.4, -0.2) is 84.2 Å². The smallest absolute Gasteiger partial charge is 0.326 e. The fourth-order valence-electron chi connectivity index (χ4n) is 4.72. The first kappa shape index (κ1) is 31.7. The molecule has 0 aliphatic carbocycles. The number of hydrogen-bond donors (Lipinski definition) is 9. The third-order valence-electron chi connectivity index (χ3n) is 7.12. The summed E-state index contributed by atoms with van der Waals surface area (Å²) in [6.07, 6.45) is 3.25. The number of carbonyl (C=O) groups excluding carboxylic acids is 3. The quantitative estimate of drug-likeness (QED) is 0.0929. The number of nitrogens with one attached hydrogen (secondary N) is 5. The lowest BCUT2D eigenvalue weighted by molar-refractivity contribution is -0.143. The number of nitrogens with zero attached hydrogens (tertiary/aromatic N) is 1. The Labute approximate surface area is 252 Å². The molecular formula is C30H35N7O7. The number of imidazole rings is 1. The van der Waals surface area contributed by atoms with Gasteiger partial charge < -0.3 is 47.0 Å². The number of aromatic nitrogens is 3. The summed E-state index contributed by atoms with van der Waals surface area (Å²) in [5.41, 5.74) is 8.97. The van der Waals surface area contributed by atoms with E-state index in [4.69, 9.17) is 5.73 Å². The average molecular weight is 606 g/mol. The van der Waals surface area contributed by atoms with Gasteiger partial charge in [-0.2, -0.15) is 0 Å². The third kappa shape index (κ3) is 8.20. The van der Waals surface area contributed by atoms with E-state index in [1.165, 1.54) is 43.7 Å². The van der Waals surface area contributed by atoms with Crippen molar-refractivity contribution in [3.8, 4) is 5.75 Å². The van der Waals surface area contributed by atoms with Gasteiger partial charge in [0, 0.05) is 41.8 Å². The number of carboxylic acid groups (broad SMARTS) is 1. The summed E-state index contributed by atoms with van der Waals surface area (Å²) < 4.78 is 0. The molecule has 232 valence electrons. The third-order valence-corrected chi connectivity index (χ3v) is 7.12. The number of nitrogens with two attached hydrogens (primary N) is 1. The van der Waals surface area contributed by atoms with Crippen molar-refractivity contribution in [2.24, 2.45) is 5.73 Å². The maximum Gasteiger partial charge on any atom is 0.326 e. The lowest BCUT2D eigenvalue weighted by Crippen LogP contribution is -2.60. The van der Waals surface area contributed by atoms with Crippen LogP contribution in [0.4, 0.5) is 0 Å². The highest BCUT2D eigenvalue weighted by Crippen LogP contribution is 2.19. The van der Waals surface area contributed by atoms with Gasteiger partial charge in [-0.1, -0.05) is 30.3 Å². The van der Waals surface area contributed by atoms with Crippen molar-refractivity contribution in [1.82, 2.24) is 30.9 Å². The number of phenols is 1. The molecule has 0 aliphatic rings. The Morgan fingerprint density at radius 2 is 1.59 bits per heavy atom. The molecule has 2 aromatic carbocycles. The molecule has 2 aromatic heterocycles. The zero-order chi connectivity index (χ0) is 31.8. The number of aromatic hydroxyl groups is 1. The van der Waals surface area contributed by atoms with Crippen LogP contribution in [0.15, 0.2) is 67.3 Å². The molecule has 44 heavy (non-hydrogen) atoms. The van der Waals surface area contributed by atoms with Gasteiger partial charge in [-0.05, 0) is 42.7 Å². The molecule has 0 saturated carbocycles. The fraction of sp³-hybridized carbons (Fsp3) is 0.300. The minimum absolute atomic E-state index is 0.00256. The molecule has 4 aromatic rings. The Balaban J connectivity index is 1.45. The van der Waals surface area contributed by atoms with Crippen molar-refractivity contribution in [2.75, 3.05) is 0 Å². The maximum absolute atomic E-state index is 13.4. The Bertz CT molecular complexity index is 1580. The number of carboxylic acids is 1. The molecule has 2 heterocycles. The van der Waals surface area contributed by atoms with Gasteiger partial charge in [0.25, 0.3) is 0 Å². The molecule has 10 N–H and O–H groups in total. The largest absolute Gasteiger partial charge is 0.508 e. The Hall–Kier alpha value is -5.21. The second kappa shape index (κ2) is 14.3. The van der Waals surface area contributed by atoms with Gasteiger partial charge >= 0.3 is 5.97 Å². The molecule has 5 atom stereocenters. The number of aliphatic hydroxyl groups excluding tert-OH is 1. The molecule has 3 amide bonds. The van der Waals surface area contributed by atoms with E-state index in [1.807, 2.05) is 24.3 Å². The Kier molecular flexibility index (Phi) is 10.3. The standard InChI is InChI=1S/C30H35N7O7/c1-16(38)26(29(42)36-25(30(43)44)10-17-6-8-20(39)9-7-17)37-28(41)24(12-19-14-32-15-34-19)35-27(40)22(31)11-18-13-33-23-5-3-2-4-21(18)23/h2-9,13-16,22,24-26,33,38-39H,10-12,31H2,1H3,(H,32,34)(H,35,40)(H,36,42)(H,37,41)(H,43,44). The van der Waals surface area contributed by atoms with Gasteiger partial charge in [0.2, 0.25) is 17.7 Å². The summed E-state index contributed by atoms with van der Waals surface area (Å²) >= 11 is 0. The number of rotatable bonds is 14. The van der Waals surface area contributed by atoms with Crippen LogP contribution in [0.3, 0.4) is 0 Å². The monoisotopic (exact) mass is 605 g/mol. The lowest BCUT2D eigenvalue weighted by atomic mass is 10.0. The van der Waals surface area contributed by atoms with Crippen molar-refractivity contribution in [3.63, 3.8) is 0 Å². The van der Waals surface area contributed by atoms with Gasteiger partial charge in [0.05, 0.1) is 18.5 Å². The van der Waals surface area contributed by atoms with Gasteiger partial charge in [0.15, 0.2) is 0 Å². The van der Waals surface area contributed by atoms with E-state index in [9.17, 15) is 34.5 Å². The molecule has 14 nitrogen and oxygen atoms in total. The average Bonchev–Trinajstić information content (AvgIpc) is 3.66. The summed E-state index contributed by atoms with van der Waals surface area (Å²) in [4.78, 5) is 61.5. The normalized spacial score (nSPS) is 14.6. The predicted octanol–water partition coefficient (Wildman–Crippen LogP) is -0.128. The molecular weight excluding hydrogens is 570 g/mol. The molecule has 0 bridgehead atoms. The first-order valence-electron chi connectivity index (χ1n) is 13.9. The zero-order valence-corrected chi connectivity index (χ0v) is 23.9. The number of benzene rings is 2. The van der Waals surface area contributed by atoms with E-state index in [1.54, 1.807) is 6.20 Å². The van der Waals surface area contributed by atoms with Gasteiger partial charge in [-0.15, -0.1) is 0 Å². The SMILES string of the molecule is CC(O)C(NC(=O)C(Cc1cnc[nH]1)NC(=O)C(N)Cc1c[nH]c2ccccc12)C(=O)NC(Cc1ccc(O)cc1)C(=O)O. The van der Waals surface area contributed by atoms with Crippen LogP contribution in [0.1, 0.15) is 23.7 Å². The topological polar surface area (TPSA) is 236 Å². The van der Waals surface area contributed by atoms with Crippen LogP contribution in [-0.2, 0) is 38.4 Å². The van der Waals surface area contributed by atoms with Crippen LogP contribution in [0.2, 0.25) is 0 Å². The molecule has 14 heteroatoms. The lowest BCUT2D eigenvalue weighted by Gasteiger charge is -2.26. The highest BCUT2D eigenvalue weighted by molar-refractivity contribution is 5.95. The van der Waals surface area contributed by atoms with Crippen molar-refractivity contribution in [1.29, 1.82) is 0 Å². The van der Waals surface area contributed by atoms with Gasteiger partial charge in [-0.3, -0.25) is 14.4 Å². The van der Waals surface area contributed by atoms with E-state index in [0.717, 1.165) is 16.5 Å². The van der Waals surface area contributed by atoms with E-state index >= 15 is 0 Å². The summed E-state index contributed by atoms with van der Waals surface area (Å²) in [5.74, 6) is -3.71. The second-order valence-electron chi connectivity index (χ2n) is 10.5. The molecule has 0 spiro atoms. The first-order valence-corrected chi connectivity index (χ1v) is 13.9. The van der Waals surface area contributed by atoms with Crippen molar-refractivity contribution in [3.05, 3.63) is 84.1 Å². The molecule has 0 radical (unpaired) electrons. The summed E-state index contributed by atoms with van der Waals surface area (Å²) in [7, 11) is 0. The van der Waals surface area contributed by atoms with Crippen molar-refractivity contribution in [2.45, 2.75) is 56.5 Å². The summed E-state index contributed by atoms with van der Waals surface area (Å²) in [6.45, 7) is 1.26.